The molecule has 0 N–H and O–H groups in total. The molecular formula is C18H10Br4Cl2N2O4S2. The Kier molecular flexibility index (Phi) is 8.51. The van der Waals surface area contributed by atoms with E-state index >= 15 is 0 Å². The first-order chi connectivity index (χ1) is 14.8. The fourth-order valence-electron chi connectivity index (χ4n) is 2.50. The highest BCUT2D eigenvalue weighted by Gasteiger charge is 2.38. The van der Waals surface area contributed by atoms with Gasteiger partial charge in [0, 0.05) is 10.0 Å². The zero-order chi connectivity index (χ0) is 23.8. The summed E-state index contributed by atoms with van der Waals surface area (Å²) >= 11 is 25.1. The topological polar surface area (TPSA) is 93.0 Å². The smallest absolute Gasteiger partial charge is 0.199 e. The summed E-state index contributed by atoms with van der Waals surface area (Å²) in [5, 5.41) is 0.777. The molecule has 0 radical (unpaired) electrons. The minimum Gasteiger partial charge on any atom is -0.199 e. The van der Waals surface area contributed by atoms with Crippen LogP contribution in [0.5, 0.6) is 0 Å². The van der Waals surface area contributed by atoms with Crippen molar-refractivity contribution >= 4 is 118 Å². The lowest BCUT2D eigenvalue weighted by Crippen LogP contribution is -2.37. The summed E-state index contributed by atoms with van der Waals surface area (Å²) in [5.74, 6) is 0. The van der Waals surface area contributed by atoms with E-state index in [-0.39, 0.29) is 30.2 Å². The third-order valence-corrected chi connectivity index (χ3v) is 12.0. The van der Waals surface area contributed by atoms with Crippen LogP contribution in [0.15, 0.2) is 76.1 Å². The Bertz CT molecular complexity index is 1250. The van der Waals surface area contributed by atoms with Crippen LogP contribution in [0.4, 0.5) is 0 Å². The van der Waals surface area contributed by atoms with Crippen LogP contribution in [0.2, 0.25) is 10.0 Å². The first-order valence-electron chi connectivity index (χ1n) is 8.38. The van der Waals surface area contributed by atoms with Gasteiger partial charge in [0.15, 0.2) is 0 Å². The first-order valence-corrected chi connectivity index (χ1v) is 15.4. The molecule has 0 heterocycles. The lowest BCUT2D eigenvalue weighted by Gasteiger charge is -2.26. The fraction of sp³-hybridized carbons (Fsp3) is 0.111. The minimum absolute atomic E-state index is 0.0403. The van der Waals surface area contributed by atoms with Crippen LogP contribution in [0, 0.1) is 0 Å². The number of hydrogen-bond acceptors (Lipinski definition) is 4. The maximum atomic E-state index is 12.8. The lowest BCUT2D eigenvalue weighted by molar-refractivity contribution is 0.596. The van der Waals surface area contributed by atoms with Crippen molar-refractivity contribution in [2.45, 2.75) is 19.4 Å². The molecule has 2 aromatic rings. The van der Waals surface area contributed by atoms with Gasteiger partial charge in [-0.3, -0.25) is 0 Å². The summed E-state index contributed by atoms with van der Waals surface area (Å²) < 4.78 is 59.5. The van der Waals surface area contributed by atoms with Crippen LogP contribution in [-0.4, -0.2) is 37.9 Å². The van der Waals surface area contributed by atoms with E-state index in [0.717, 1.165) is 0 Å². The number of hydrogen-bond donors (Lipinski definition) is 0. The van der Waals surface area contributed by atoms with Gasteiger partial charge in [-0.15, -0.1) is 0 Å². The molecule has 0 aliphatic heterocycles. The van der Waals surface area contributed by atoms with E-state index < -0.39 is 29.7 Å². The molecule has 0 saturated heterocycles. The van der Waals surface area contributed by atoms with Gasteiger partial charge < -0.3 is 0 Å². The van der Waals surface area contributed by atoms with Crippen LogP contribution < -0.4 is 0 Å². The van der Waals surface area contributed by atoms with E-state index in [1.54, 1.807) is 0 Å². The van der Waals surface area contributed by atoms with Gasteiger partial charge in [-0.1, -0.05) is 55.1 Å². The van der Waals surface area contributed by atoms with Crippen LogP contribution in [-0.2, 0) is 20.0 Å². The van der Waals surface area contributed by atoms with Crippen LogP contribution in [0.3, 0.4) is 0 Å². The van der Waals surface area contributed by atoms with E-state index in [0.29, 0.717) is 10.0 Å². The van der Waals surface area contributed by atoms with Crippen molar-refractivity contribution in [3.8, 4) is 0 Å². The van der Waals surface area contributed by atoms with E-state index in [1.165, 1.54) is 48.5 Å². The highest BCUT2D eigenvalue weighted by molar-refractivity contribution is 9.15. The molecule has 0 fully saturated rings. The Morgan fingerprint density at radius 2 is 0.906 bits per heavy atom. The van der Waals surface area contributed by atoms with Crippen molar-refractivity contribution in [2.75, 3.05) is 0 Å². The SMILES string of the molecule is O=S(=O)(N=C1C(Br)=C(Br)C(=NS(=O)(=O)c2ccc(Cl)cc2)[C@H](Br)[C@@H]1Br)c1ccc(Cl)cc1. The van der Waals surface area contributed by atoms with E-state index in [1.807, 2.05) is 0 Å². The lowest BCUT2D eigenvalue weighted by atomic mass is 10.0. The van der Waals surface area contributed by atoms with Gasteiger partial charge in [-0.2, -0.15) is 25.6 Å². The van der Waals surface area contributed by atoms with Crippen molar-refractivity contribution in [3.63, 3.8) is 0 Å². The second kappa shape index (κ2) is 10.3. The van der Waals surface area contributed by atoms with Crippen molar-refractivity contribution in [1.29, 1.82) is 0 Å². The Labute approximate surface area is 228 Å². The predicted octanol–water partition coefficient (Wildman–Crippen LogP) is 6.50. The molecule has 0 amide bonds. The average Bonchev–Trinajstić information content (AvgIpc) is 2.73. The molecule has 2 aromatic carbocycles. The second-order valence-corrected chi connectivity index (χ2v) is 13.9. The van der Waals surface area contributed by atoms with Gasteiger partial charge in [-0.05, 0) is 80.4 Å². The summed E-state index contributed by atoms with van der Waals surface area (Å²) in [6.45, 7) is 0. The van der Waals surface area contributed by atoms with Crippen molar-refractivity contribution < 1.29 is 16.8 Å². The van der Waals surface area contributed by atoms with Crippen molar-refractivity contribution in [3.05, 3.63) is 67.5 Å². The fourth-order valence-corrected chi connectivity index (χ4v) is 8.21. The molecule has 0 bridgehead atoms. The highest BCUT2D eigenvalue weighted by Crippen LogP contribution is 2.38. The van der Waals surface area contributed by atoms with Crippen LogP contribution >= 0.6 is 86.9 Å². The zero-order valence-electron chi connectivity index (χ0n) is 15.4. The Hall–Kier alpha value is -0.0800. The van der Waals surface area contributed by atoms with Gasteiger partial charge in [0.05, 0.1) is 39.8 Å². The van der Waals surface area contributed by atoms with Gasteiger partial charge in [0.1, 0.15) is 0 Å². The average molecular weight is 773 g/mol. The largest absolute Gasteiger partial charge is 0.282 e. The Morgan fingerprint density at radius 3 is 1.19 bits per heavy atom. The summed E-state index contributed by atoms with van der Waals surface area (Å²) in [6.07, 6.45) is 0. The van der Waals surface area contributed by atoms with Crippen LogP contribution in [0.1, 0.15) is 0 Å². The Morgan fingerprint density at radius 1 is 0.625 bits per heavy atom. The number of benzene rings is 2. The summed E-state index contributed by atoms with van der Waals surface area (Å²) in [5.41, 5.74) is 0.244. The predicted molar refractivity (Wildman–Crippen MR) is 142 cm³/mol. The van der Waals surface area contributed by atoms with Gasteiger partial charge in [0.25, 0.3) is 20.0 Å². The monoisotopic (exact) mass is 768 g/mol. The van der Waals surface area contributed by atoms with E-state index in [9.17, 15) is 16.8 Å². The first kappa shape index (κ1) is 26.5. The molecule has 0 aromatic heterocycles. The standard InChI is InChI=1S/C18H10Br4Cl2N2O4S2/c19-13-15(21)18(26-32(29,30)12-7-3-10(24)4-8-12)16(22)14(20)17(13)25-31(27,28)11-5-1-9(23)2-6-11/h1-8,13,15H/t13-,15+. The maximum absolute atomic E-state index is 12.8. The second-order valence-electron chi connectivity index (χ2n) is 6.24. The molecule has 1 aliphatic rings. The number of allylic oxidation sites excluding steroid dienone is 2. The minimum atomic E-state index is -4.07. The molecule has 3 rings (SSSR count). The summed E-state index contributed by atoms with van der Waals surface area (Å²) in [4.78, 5) is -1.53. The maximum Gasteiger partial charge on any atom is 0.282 e. The number of alkyl halides is 2. The molecule has 32 heavy (non-hydrogen) atoms. The quantitative estimate of drug-likeness (QED) is 0.332. The van der Waals surface area contributed by atoms with Gasteiger partial charge in [0.2, 0.25) is 0 Å². The zero-order valence-corrected chi connectivity index (χ0v) is 24.9. The summed E-state index contributed by atoms with van der Waals surface area (Å²) in [7, 11) is -8.13. The third kappa shape index (κ3) is 5.76. The highest BCUT2D eigenvalue weighted by atomic mass is 79.9. The number of halogens is 6. The number of rotatable bonds is 4. The van der Waals surface area contributed by atoms with Gasteiger partial charge >= 0.3 is 0 Å². The molecule has 0 spiro atoms. The molecule has 1 aliphatic carbocycles. The molecule has 2 atom stereocenters. The van der Waals surface area contributed by atoms with Gasteiger partial charge in [-0.25, -0.2) is 0 Å². The molecular weight excluding hydrogens is 763 g/mol. The molecule has 0 unspecified atom stereocenters. The number of nitrogens with zero attached hydrogens (tertiary/aromatic N) is 2. The normalized spacial score (nSPS) is 22.6. The molecule has 6 nitrogen and oxygen atoms in total. The van der Waals surface area contributed by atoms with Crippen molar-refractivity contribution in [1.82, 2.24) is 0 Å². The Balaban J connectivity index is 2.09. The molecule has 0 saturated carbocycles. The third-order valence-electron chi connectivity index (χ3n) is 4.08. The number of sulfonamides is 2. The van der Waals surface area contributed by atoms with E-state index in [4.69, 9.17) is 23.2 Å². The van der Waals surface area contributed by atoms with Crippen LogP contribution in [0.25, 0.3) is 0 Å². The summed E-state index contributed by atoms with van der Waals surface area (Å²) in [6, 6.07) is 11.2. The molecule has 14 heteroatoms. The van der Waals surface area contributed by atoms with E-state index in [2.05, 4.69) is 72.5 Å². The molecule has 170 valence electrons. The van der Waals surface area contributed by atoms with Crippen molar-refractivity contribution in [2.24, 2.45) is 8.80 Å².